The maximum absolute atomic E-state index is 13.5. The number of halogens is 5. The second kappa shape index (κ2) is 7.21. The van der Waals surface area contributed by atoms with Gasteiger partial charge in [0, 0.05) is 16.1 Å². The minimum Gasteiger partial charge on any atom is -0.207 e. The summed E-state index contributed by atoms with van der Waals surface area (Å²) < 4.78 is 26.8. The van der Waals surface area contributed by atoms with E-state index in [4.69, 9.17) is 11.6 Å². The second-order valence-electron chi connectivity index (χ2n) is 4.98. The van der Waals surface area contributed by atoms with Crippen LogP contribution in [0.1, 0.15) is 11.1 Å². The van der Waals surface area contributed by atoms with E-state index in [1.165, 1.54) is 18.2 Å². The molecule has 0 unspecified atom stereocenters. The fraction of sp³-hybridized carbons (Fsp3) is 0.250. The van der Waals surface area contributed by atoms with E-state index in [0.717, 1.165) is 11.1 Å². The largest absolute Gasteiger partial charge is 0.207 e. The molecule has 5 heteroatoms. The number of alkyl halides is 2. The molecule has 112 valence electrons. The quantitative estimate of drug-likeness (QED) is 0.511. The molecule has 0 heterocycles. The Morgan fingerprint density at radius 1 is 1.00 bits per heavy atom. The zero-order valence-electron chi connectivity index (χ0n) is 11.1. The minimum absolute atomic E-state index is 0.102. The molecule has 2 aromatic rings. The maximum atomic E-state index is 13.5. The fourth-order valence-electron chi connectivity index (χ4n) is 2.25. The Labute approximate surface area is 144 Å². The molecule has 0 aromatic heterocycles. The van der Waals surface area contributed by atoms with Crippen LogP contribution in [-0.4, -0.2) is 10.7 Å². The van der Waals surface area contributed by atoms with E-state index in [1.54, 1.807) is 18.2 Å². The van der Waals surface area contributed by atoms with Crippen molar-refractivity contribution >= 4 is 43.5 Å². The molecule has 0 atom stereocenters. The van der Waals surface area contributed by atoms with Crippen molar-refractivity contribution < 1.29 is 8.78 Å². The highest BCUT2D eigenvalue weighted by Gasteiger charge is 2.31. The lowest BCUT2D eigenvalue weighted by Crippen LogP contribution is -2.33. The van der Waals surface area contributed by atoms with Gasteiger partial charge in [-0.2, -0.15) is 0 Å². The van der Waals surface area contributed by atoms with Gasteiger partial charge in [0.05, 0.1) is 5.02 Å². The summed E-state index contributed by atoms with van der Waals surface area (Å²) >= 11 is 12.9. The number of rotatable bonds is 5. The third-order valence-electron chi connectivity index (χ3n) is 3.48. The standard InChI is InChI=1S/C16H13Br2ClF2/c17-9-16(10-18,12-2-1-3-13(20)7-12)8-11-4-5-15(21)14(19)6-11/h1-7H,8-10H2. The highest BCUT2D eigenvalue weighted by Crippen LogP contribution is 2.34. The molecule has 0 aliphatic rings. The summed E-state index contributed by atoms with van der Waals surface area (Å²) in [5.41, 5.74) is 1.46. The molecule has 0 bridgehead atoms. The van der Waals surface area contributed by atoms with Crippen molar-refractivity contribution in [2.45, 2.75) is 11.8 Å². The smallest absolute Gasteiger partial charge is 0.141 e. The van der Waals surface area contributed by atoms with Crippen LogP contribution >= 0.6 is 43.5 Å². The van der Waals surface area contributed by atoms with Crippen LogP contribution in [0.25, 0.3) is 0 Å². The van der Waals surface area contributed by atoms with E-state index in [-0.39, 0.29) is 16.3 Å². The molecule has 0 spiro atoms. The monoisotopic (exact) mass is 436 g/mol. The summed E-state index contributed by atoms with van der Waals surface area (Å²) in [5.74, 6) is -0.703. The minimum atomic E-state index is -0.436. The van der Waals surface area contributed by atoms with Crippen LogP contribution < -0.4 is 0 Å². The van der Waals surface area contributed by atoms with Crippen LogP contribution in [0.3, 0.4) is 0 Å². The Kier molecular flexibility index (Phi) is 5.81. The van der Waals surface area contributed by atoms with E-state index in [9.17, 15) is 8.78 Å². The van der Waals surface area contributed by atoms with Crippen molar-refractivity contribution in [2.75, 3.05) is 10.7 Å². The maximum Gasteiger partial charge on any atom is 0.141 e. The molecule has 0 aliphatic carbocycles. The molecule has 2 rings (SSSR count). The Morgan fingerprint density at radius 2 is 1.71 bits per heavy atom. The van der Waals surface area contributed by atoms with E-state index in [2.05, 4.69) is 31.9 Å². The Balaban J connectivity index is 2.40. The summed E-state index contributed by atoms with van der Waals surface area (Å²) in [5, 5.41) is 1.39. The van der Waals surface area contributed by atoms with Crippen LogP contribution in [0, 0.1) is 11.6 Å². The normalized spacial score (nSPS) is 11.7. The van der Waals surface area contributed by atoms with Gasteiger partial charge in [-0.1, -0.05) is 61.7 Å². The average molecular weight is 439 g/mol. The molecular formula is C16H13Br2ClF2. The van der Waals surface area contributed by atoms with E-state index < -0.39 is 5.82 Å². The average Bonchev–Trinajstić information content (AvgIpc) is 2.48. The molecule has 0 N–H and O–H groups in total. The first-order valence-electron chi connectivity index (χ1n) is 6.33. The van der Waals surface area contributed by atoms with Crippen LogP contribution in [0.15, 0.2) is 42.5 Å². The predicted octanol–water partition coefficient (Wildman–Crippen LogP) is 5.89. The zero-order valence-corrected chi connectivity index (χ0v) is 15.0. The van der Waals surface area contributed by atoms with Crippen molar-refractivity contribution in [2.24, 2.45) is 0 Å². The van der Waals surface area contributed by atoms with Gasteiger partial charge in [0.15, 0.2) is 0 Å². The molecule has 0 amide bonds. The van der Waals surface area contributed by atoms with Gasteiger partial charge >= 0.3 is 0 Å². The summed E-state index contributed by atoms with van der Waals surface area (Å²) in [6, 6.07) is 11.2. The van der Waals surface area contributed by atoms with Gasteiger partial charge in [0.25, 0.3) is 0 Å². The van der Waals surface area contributed by atoms with Crippen LogP contribution in [-0.2, 0) is 11.8 Å². The van der Waals surface area contributed by atoms with Gasteiger partial charge in [-0.3, -0.25) is 0 Å². The lowest BCUT2D eigenvalue weighted by Gasteiger charge is -2.31. The number of hydrogen-bond acceptors (Lipinski definition) is 0. The van der Waals surface area contributed by atoms with E-state index in [0.29, 0.717) is 17.1 Å². The molecular weight excluding hydrogens is 425 g/mol. The Morgan fingerprint density at radius 3 is 2.29 bits per heavy atom. The van der Waals surface area contributed by atoms with Crippen molar-refractivity contribution in [3.8, 4) is 0 Å². The lowest BCUT2D eigenvalue weighted by atomic mass is 9.79. The van der Waals surface area contributed by atoms with Crippen molar-refractivity contribution in [1.82, 2.24) is 0 Å². The zero-order chi connectivity index (χ0) is 15.5. The van der Waals surface area contributed by atoms with Gasteiger partial charge in [-0.25, -0.2) is 8.78 Å². The van der Waals surface area contributed by atoms with Gasteiger partial charge in [0.1, 0.15) is 11.6 Å². The Hall–Kier alpha value is -0.450. The molecule has 0 aliphatic heterocycles. The van der Waals surface area contributed by atoms with Crippen molar-refractivity contribution in [3.05, 3.63) is 70.2 Å². The van der Waals surface area contributed by atoms with Gasteiger partial charge in [-0.15, -0.1) is 0 Å². The van der Waals surface area contributed by atoms with Crippen molar-refractivity contribution in [3.63, 3.8) is 0 Å². The highest BCUT2D eigenvalue weighted by atomic mass is 79.9. The lowest BCUT2D eigenvalue weighted by molar-refractivity contribution is 0.540. The highest BCUT2D eigenvalue weighted by molar-refractivity contribution is 9.09. The van der Waals surface area contributed by atoms with Gasteiger partial charge in [0.2, 0.25) is 0 Å². The number of benzene rings is 2. The third kappa shape index (κ3) is 3.85. The van der Waals surface area contributed by atoms with Crippen LogP contribution in [0.2, 0.25) is 5.02 Å². The number of hydrogen-bond donors (Lipinski definition) is 0. The first kappa shape index (κ1) is 16.9. The molecule has 0 radical (unpaired) electrons. The predicted molar refractivity (Wildman–Crippen MR) is 90.8 cm³/mol. The summed E-state index contributed by atoms with van der Waals surface area (Å²) in [4.78, 5) is 0. The van der Waals surface area contributed by atoms with E-state index in [1.807, 2.05) is 6.07 Å². The Bertz CT molecular complexity index is 627. The first-order chi connectivity index (χ1) is 10.0. The van der Waals surface area contributed by atoms with Gasteiger partial charge in [-0.05, 0) is 41.8 Å². The summed E-state index contributed by atoms with van der Waals surface area (Å²) in [6.45, 7) is 0. The van der Waals surface area contributed by atoms with Gasteiger partial charge < -0.3 is 0 Å². The summed E-state index contributed by atoms with van der Waals surface area (Å²) in [7, 11) is 0. The van der Waals surface area contributed by atoms with E-state index >= 15 is 0 Å². The van der Waals surface area contributed by atoms with Crippen molar-refractivity contribution in [1.29, 1.82) is 0 Å². The molecule has 0 fully saturated rings. The third-order valence-corrected chi connectivity index (χ3v) is 5.91. The van der Waals surface area contributed by atoms with Crippen LogP contribution in [0.5, 0.6) is 0 Å². The SMILES string of the molecule is Fc1cccc(C(CBr)(CBr)Cc2ccc(F)c(Cl)c2)c1. The van der Waals surface area contributed by atoms with Crippen LogP contribution in [0.4, 0.5) is 8.78 Å². The second-order valence-corrected chi connectivity index (χ2v) is 6.51. The first-order valence-corrected chi connectivity index (χ1v) is 8.95. The fourth-order valence-corrected chi connectivity index (χ4v) is 4.42. The molecule has 0 saturated heterocycles. The molecule has 21 heavy (non-hydrogen) atoms. The summed E-state index contributed by atoms with van der Waals surface area (Å²) in [6.07, 6.45) is 0.618. The molecule has 0 nitrogen and oxygen atoms in total. The molecule has 0 saturated carbocycles. The molecule has 2 aromatic carbocycles. The topological polar surface area (TPSA) is 0 Å².